The Morgan fingerprint density at radius 1 is 1.04 bits per heavy atom. The first kappa shape index (κ1) is 18.1. The fourth-order valence-electron chi connectivity index (χ4n) is 2.51. The number of benzene rings is 1. The lowest BCUT2D eigenvalue weighted by atomic mass is 10.1. The number of anilines is 1. The molecular weight excluding hydrogens is 345 g/mol. The number of nitrogens with one attached hydrogen (secondary N) is 2. The Bertz CT molecular complexity index is 924. The van der Waals surface area contributed by atoms with Crippen molar-refractivity contribution in [3.63, 3.8) is 0 Å². The molecule has 2 rings (SSSR count). The standard InChI is InChI=1S/C15H15F3N2O3S/c1-8-4-9(2)13(10(3)5-8)24(22,23)20-12-6-11(15(16,17)18)7-19-14(12)21/h4-7,20H,1-3H3,(H,19,21). The van der Waals surface area contributed by atoms with Crippen molar-refractivity contribution in [3.8, 4) is 0 Å². The lowest BCUT2D eigenvalue weighted by Crippen LogP contribution is -2.23. The highest BCUT2D eigenvalue weighted by molar-refractivity contribution is 7.92. The third-order valence-electron chi connectivity index (χ3n) is 3.35. The van der Waals surface area contributed by atoms with Gasteiger partial charge in [-0.1, -0.05) is 17.7 Å². The third kappa shape index (κ3) is 3.61. The van der Waals surface area contributed by atoms with Gasteiger partial charge in [0.1, 0.15) is 5.69 Å². The highest BCUT2D eigenvalue weighted by Gasteiger charge is 2.32. The zero-order valence-corrected chi connectivity index (χ0v) is 13.9. The second kappa shape index (κ2) is 5.97. The fourth-order valence-corrected chi connectivity index (χ4v) is 4.02. The van der Waals surface area contributed by atoms with Crippen LogP contribution in [0.2, 0.25) is 0 Å². The summed E-state index contributed by atoms with van der Waals surface area (Å²) in [5.74, 6) is 0. The van der Waals surface area contributed by atoms with Gasteiger partial charge in [-0.15, -0.1) is 0 Å². The van der Waals surface area contributed by atoms with E-state index in [-0.39, 0.29) is 4.90 Å². The normalized spacial score (nSPS) is 12.2. The molecule has 0 saturated carbocycles. The van der Waals surface area contributed by atoms with E-state index in [1.54, 1.807) is 32.9 Å². The zero-order valence-electron chi connectivity index (χ0n) is 13.1. The summed E-state index contributed by atoms with van der Waals surface area (Å²) in [6.45, 7) is 4.94. The molecule has 0 saturated heterocycles. The summed E-state index contributed by atoms with van der Waals surface area (Å²) in [5.41, 5.74) is -1.09. The number of sulfonamides is 1. The predicted octanol–water partition coefficient (Wildman–Crippen LogP) is 3.12. The highest BCUT2D eigenvalue weighted by Crippen LogP contribution is 2.30. The van der Waals surface area contributed by atoms with Gasteiger partial charge in [-0.3, -0.25) is 9.52 Å². The van der Waals surface area contributed by atoms with Crippen molar-refractivity contribution in [1.82, 2.24) is 4.98 Å². The van der Waals surface area contributed by atoms with Crippen molar-refractivity contribution >= 4 is 15.7 Å². The average Bonchev–Trinajstić information content (AvgIpc) is 2.37. The third-order valence-corrected chi connectivity index (χ3v) is 5.02. The van der Waals surface area contributed by atoms with Crippen LogP contribution in [0.25, 0.3) is 0 Å². The van der Waals surface area contributed by atoms with Gasteiger partial charge in [-0.2, -0.15) is 13.2 Å². The molecule has 0 spiro atoms. The summed E-state index contributed by atoms with van der Waals surface area (Å²) in [4.78, 5) is 13.5. The first-order chi connectivity index (χ1) is 10.9. The van der Waals surface area contributed by atoms with Crippen LogP contribution in [-0.4, -0.2) is 13.4 Å². The second-order valence-corrected chi connectivity index (χ2v) is 7.08. The number of H-pyrrole nitrogens is 1. The summed E-state index contributed by atoms with van der Waals surface area (Å²) in [5, 5.41) is 0. The molecule has 0 atom stereocenters. The number of aromatic amines is 1. The number of halogens is 3. The number of rotatable bonds is 3. The van der Waals surface area contributed by atoms with Gasteiger partial charge in [0, 0.05) is 6.20 Å². The number of alkyl halides is 3. The molecule has 2 aromatic rings. The van der Waals surface area contributed by atoms with Crippen LogP contribution in [0, 0.1) is 20.8 Å². The summed E-state index contributed by atoms with van der Waals surface area (Å²) in [7, 11) is -4.21. The van der Waals surface area contributed by atoms with Gasteiger partial charge >= 0.3 is 6.18 Å². The molecule has 0 aliphatic rings. The van der Waals surface area contributed by atoms with Crippen molar-refractivity contribution in [2.75, 3.05) is 4.72 Å². The van der Waals surface area contributed by atoms with Gasteiger partial charge in [0.2, 0.25) is 0 Å². The molecule has 0 unspecified atom stereocenters. The zero-order chi connectivity index (χ0) is 18.3. The molecule has 1 aromatic carbocycles. The topological polar surface area (TPSA) is 79.0 Å². The molecule has 1 heterocycles. The maximum atomic E-state index is 12.7. The Morgan fingerprint density at radius 2 is 1.58 bits per heavy atom. The molecule has 0 bridgehead atoms. The minimum Gasteiger partial charge on any atom is -0.327 e. The maximum Gasteiger partial charge on any atom is 0.417 e. The van der Waals surface area contributed by atoms with Crippen molar-refractivity contribution in [2.45, 2.75) is 31.8 Å². The summed E-state index contributed by atoms with van der Waals surface area (Å²) < 4.78 is 65.2. The highest BCUT2D eigenvalue weighted by atomic mass is 32.2. The van der Waals surface area contributed by atoms with E-state index in [9.17, 15) is 26.4 Å². The first-order valence-corrected chi connectivity index (χ1v) is 8.31. The predicted molar refractivity (Wildman–Crippen MR) is 83.5 cm³/mol. The van der Waals surface area contributed by atoms with E-state index in [1.807, 2.05) is 9.71 Å². The fraction of sp³-hybridized carbons (Fsp3) is 0.267. The molecule has 2 N–H and O–H groups in total. The Labute approximate surface area is 136 Å². The molecule has 0 aliphatic heterocycles. The lowest BCUT2D eigenvalue weighted by molar-refractivity contribution is -0.137. The van der Waals surface area contributed by atoms with Crippen molar-refractivity contribution < 1.29 is 21.6 Å². The molecule has 9 heteroatoms. The minimum atomic E-state index is -4.71. The van der Waals surface area contributed by atoms with Crippen molar-refractivity contribution in [2.24, 2.45) is 0 Å². The minimum absolute atomic E-state index is 0.0649. The van der Waals surface area contributed by atoms with Gasteiger partial charge in [0.25, 0.3) is 15.6 Å². The Morgan fingerprint density at radius 3 is 2.08 bits per heavy atom. The Balaban J connectivity index is 2.54. The number of aryl methyl sites for hydroxylation is 3. The summed E-state index contributed by atoms with van der Waals surface area (Å²) >= 11 is 0. The maximum absolute atomic E-state index is 12.7. The van der Waals surface area contributed by atoms with Crippen LogP contribution in [0.4, 0.5) is 18.9 Å². The first-order valence-electron chi connectivity index (χ1n) is 6.82. The van der Waals surface area contributed by atoms with E-state index < -0.39 is 33.0 Å². The van der Waals surface area contributed by atoms with Gasteiger partial charge in [-0.25, -0.2) is 8.42 Å². The van der Waals surface area contributed by atoms with E-state index in [4.69, 9.17) is 0 Å². The van der Waals surface area contributed by atoms with E-state index in [0.717, 1.165) is 5.56 Å². The Hall–Kier alpha value is -2.29. The van der Waals surface area contributed by atoms with E-state index in [1.165, 1.54) is 0 Å². The Kier molecular flexibility index (Phi) is 4.49. The van der Waals surface area contributed by atoms with Crippen LogP contribution >= 0.6 is 0 Å². The van der Waals surface area contributed by atoms with Gasteiger partial charge in [0.05, 0.1) is 10.5 Å². The van der Waals surface area contributed by atoms with Gasteiger partial charge < -0.3 is 4.98 Å². The smallest absolute Gasteiger partial charge is 0.327 e. The summed E-state index contributed by atoms with van der Waals surface area (Å²) in [6.07, 6.45) is -4.22. The van der Waals surface area contributed by atoms with Crippen LogP contribution in [0.3, 0.4) is 0 Å². The molecule has 0 radical (unpaired) electrons. The average molecular weight is 360 g/mol. The molecule has 130 valence electrons. The number of hydrogen-bond donors (Lipinski definition) is 2. The van der Waals surface area contributed by atoms with Gasteiger partial charge in [0.15, 0.2) is 0 Å². The molecule has 5 nitrogen and oxygen atoms in total. The van der Waals surface area contributed by atoms with Crippen LogP contribution < -0.4 is 10.3 Å². The monoisotopic (exact) mass is 360 g/mol. The van der Waals surface area contributed by atoms with E-state index in [2.05, 4.69) is 0 Å². The molecule has 0 fully saturated rings. The largest absolute Gasteiger partial charge is 0.417 e. The quantitative estimate of drug-likeness (QED) is 0.883. The van der Waals surface area contributed by atoms with Crippen LogP contribution in [-0.2, 0) is 16.2 Å². The molecule has 24 heavy (non-hydrogen) atoms. The number of aromatic nitrogens is 1. The van der Waals surface area contributed by atoms with Crippen LogP contribution in [0.1, 0.15) is 22.3 Å². The van der Waals surface area contributed by atoms with E-state index in [0.29, 0.717) is 23.4 Å². The van der Waals surface area contributed by atoms with Crippen LogP contribution in [0.5, 0.6) is 0 Å². The van der Waals surface area contributed by atoms with Gasteiger partial charge in [-0.05, 0) is 38.0 Å². The molecule has 0 aliphatic carbocycles. The second-order valence-electron chi connectivity index (χ2n) is 5.46. The van der Waals surface area contributed by atoms with Crippen molar-refractivity contribution in [3.05, 3.63) is 57.0 Å². The van der Waals surface area contributed by atoms with Crippen LogP contribution in [0.15, 0.2) is 34.1 Å². The molecule has 0 amide bonds. The summed E-state index contributed by atoms with van der Waals surface area (Å²) in [6, 6.07) is 3.74. The lowest BCUT2D eigenvalue weighted by Gasteiger charge is -2.14. The number of pyridine rings is 1. The number of hydrogen-bond acceptors (Lipinski definition) is 3. The molecular formula is C15H15F3N2O3S. The SMILES string of the molecule is Cc1cc(C)c(S(=O)(=O)Nc2cc(C(F)(F)F)c[nH]c2=O)c(C)c1. The van der Waals surface area contributed by atoms with Crippen molar-refractivity contribution in [1.29, 1.82) is 0 Å². The van der Waals surface area contributed by atoms with E-state index >= 15 is 0 Å². The molecule has 1 aromatic heterocycles.